The number of carbonyl (C=O) groups is 1. The smallest absolute Gasteiger partial charge is 0.299 e. The van der Waals surface area contributed by atoms with E-state index in [1.165, 1.54) is 12.1 Å². The Hall–Kier alpha value is -1.66. The van der Waals surface area contributed by atoms with Crippen molar-refractivity contribution in [2.45, 2.75) is 44.6 Å². The van der Waals surface area contributed by atoms with E-state index in [0.29, 0.717) is 12.0 Å². The number of fused-ring (bicyclic) bond motifs is 2. The fraction of sp³-hybridized carbons (Fsp3) is 0.500. The standard InChI is InChI=1S/C18H19F3O3/c1-11-15(22)9-14-10-16(11)23-24-17(14,2)8-7-12-3-5-13(6-4-12)18(19,20)21/h3-8,11,14,16H,9-10H2,1-2H3. The topological polar surface area (TPSA) is 35.5 Å². The highest BCUT2D eigenvalue weighted by molar-refractivity contribution is 5.82. The highest BCUT2D eigenvalue weighted by Gasteiger charge is 2.48. The van der Waals surface area contributed by atoms with E-state index in [0.717, 1.165) is 18.6 Å². The molecule has 2 fully saturated rings. The fourth-order valence-corrected chi connectivity index (χ4v) is 3.21. The number of hydrogen-bond acceptors (Lipinski definition) is 3. The Morgan fingerprint density at radius 2 is 1.92 bits per heavy atom. The molecule has 24 heavy (non-hydrogen) atoms. The van der Waals surface area contributed by atoms with E-state index in [1.807, 2.05) is 13.8 Å². The summed E-state index contributed by atoms with van der Waals surface area (Å²) in [7, 11) is 0. The summed E-state index contributed by atoms with van der Waals surface area (Å²) in [6.07, 6.45) is 0.0635. The number of benzene rings is 1. The highest BCUT2D eigenvalue weighted by Crippen LogP contribution is 2.43. The summed E-state index contributed by atoms with van der Waals surface area (Å²) in [6.45, 7) is 3.67. The van der Waals surface area contributed by atoms with Crippen molar-refractivity contribution in [1.29, 1.82) is 0 Å². The minimum Gasteiger partial charge on any atom is -0.299 e. The first kappa shape index (κ1) is 17.2. The molecule has 3 nitrogen and oxygen atoms in total. The lowest BCUT2D eigenvalue weighted by atomic mass is 9.71. The zero-order valence-electron chi connectivity index (χ0n) is 13.5. The maximum atomic E-state index is 12.6. The largest absolute Gasteiger partial charge is 0.416 e. The molecular formula is C18H19F3O3. The third kappa shape index (κ3) is 3.26. The predicted molar refractivity (Wildman–Crippen MR) is 81.7 cm³/mol. The summed E-state index contributed by atoms with van der Waals surface area (Å²) in [4.78, 5) is 22.9. The second-order valence-electron chi connectivity index (χ2n) is 6.75. The Bertz CT molecular complexity index is 650. The molecule has 1 saturated carbocycles. The predicted octanol–water partition coefficient (Wildman–Crippen LogP) is 4.42. The third-order valence-corrected chi connectivity index (χ3v) is 5.04. The number of ketones is 1. The summed E-state index contributed by atoms with van der Waals surface area (Å²) in [6, 6.07) is 4.90. The van der Waals surface area contributed by atoms with E-state index in [4.69, 9.17) is 9.78 Å². The molecule has 0 aromatic heterocycles. The maximum Gasteiger partial charge on any atom is 0.416 e. The first-order valence-corrected chi connectivity index (χ1v) is 7.93. The zero-order chi connectivity index (χ0) is 17.5. The number of alkyl halides is 3. The lowest BCUT2D eigenvalue weighted by molar-refractivity contribution is -0.415. The molecule has 1 heterocycles. The molecular weight excluding hydrogens is 321 g/mol. The van der Waals surface area contributed by atoms with Crippen molar-refractivity contribution >= 4 is 11.9 Å². The van der Waals surface area contributed by atoms with Gasteiger partial charge in [0.05, 0.1) is 5.56 Å². The van der Waals surface area contributed by atoms with Crippen molar-refractivity contribution in [3.63, 3.8) is 0 Å². The van der Waals surface area contributed by atoms with Gasteiger partial charge in [0, 0.05) is 18.3 Å². The molecule has 0 radical (unpaired) electrons. The molecule has 1 saturated heterocycles. The highest BCUT2D eigenvalue weighted by atomic mass is 19.4. The molecule has 1 aliphatic heterocycles. The number of Topliss-reactive ketones (excluding diaryl/α,β-unsaturated/α-hetero) is 1. The van der Waals surface area contributed by atoms with Gasteiger partial charge in [-0.15, -0.1) is 0 Å². The molecule has 0 N–H and O–H groups in total. The van der Waals surface area contributed by atoms with Crippen molar-refractivity contribution in [1.82, 2.24) is 0 Å². The normalized spacial score (nSPS) is 33.9. The molecule has 4 unspecified atom stereocenters. The molecule has 1 aromatic carbocycles. The molecule has 6 heteroatoms. The molecule has 1 aliphatic carbocycles. The van der Waals surface area contributed by atoms with E-state index in [9.17, 15) is 18.0 Å². The lowest BCUT2D eigenvalue weighted by Crippen LogP contribution is -2.51. The second-order valence-corrected chi connectivity index (χ2v) is 6.75. The van der Waals surface area contributed by atoms with Gasteiger partial charge in [-0.05, 0) is 37.1 Å². The first-order chi connectivity index (χ1) is 11.2. The van der Waals surface area contributed by atoms with Crippen LogP contribution in [0.5, 0.6) is 0 Å². The second kappa shape index (κ2) is 6.01. The van der Waals surface area contributed by atoms with Gasteiger partial charge in [0.25, 0.3) is 0 Å². The van der Waals surface area contributed by atoms with Gasteiger partial charge in [-0.2, -0.15) is 13.2 Å². The maximum absolute atomic E-state index is 12.6. The van der Waals surface area contributed by atoms with Crippen LogP contribution in [-0.4, -0.2) is 17.5 Å². The monoisotopic (exact) mass is 340 g/mol. The SMILES string of the molecule is CC1C(=O)CC2CC1OOC2(C)C=Cc1ccc(C(F)(F)F)cc1. The minimum atomic E-state index is -4.34. The van der Waals surface area contributed by atoms with Crippen molar-refractivity contribution in [3.05, 3.63) is 41.5 Å². The van der Waals surface area contributed by atoms with Gasteiger partial charge in [-0.3, -0.25) is 4.79 Å². The van der Waals surface area contributed by atoms with E-state index in [2.05, 4.69) is 0 Å². The zero-order valence-corrected chi connectivity index (χ0v) is 13.5. The molecule has 0 spiro atoms. The van der Waals surface area contributed by atoms with Gasteiger partial charge in [-0.25, -0.2) is 9.78 Å². The van der Waals surface area contributed by atoms with Crippen LogP contribution in [0.2, 0.25) is 0 Å². The number of hydrogen-bond donors (Lipinski definition) is 0. The Morgan fingerprint density at radius 3 is 2.54 bits per heavy atom. The number of rotatable bonds is 2. The van der Waals surface area contributed by atoms with Crippen LogP contribution in [0.3, 0.4) is 0 Å². The van der Waals surface area contributed by atoms with Crippen LogP contribution in [0.15, 0.2) is 30.3 Å². The molecule has 2 bridgehead atoms. The van der Waals surface area contributed by atoms with Crippen LogP contribution in [0.4, 0.5) is 13.2 Å². The van der Waals surface area contributed by atoms with Gasteiger partial charge in [0.2, 0.25) is 0 Å². The van der Waals surface area contributed by atoms with Crippen molar-refractivity contribution in [2.24, 2.45) is 11.8 Å². The lowest BCUT2D eigenvalue weighted by Gasteiger charge is -2.45. The molecule has 1 aromatic rings. The number of halogens is 3. The average Bonchev–Trinajstić information content (AvgIpc) is 2.53. The quantitative estimate of drug-likeness (QED) is 0.748. The Morgan fingerprint density at radius 1 is 1.25 bits per heavy atom. The van der Waals surface area contributed by atoms with E-state index in [1.54, 1.807) is 12.2 Å². The summed E-state index contributed by atoms with van der Waals surface area (Å²) in [5.74, 6) is 0.00375. The van der Waals surface area contributed by atoms with E-state index in [-0.39, 0.29) is 23.7 Å². The Balaban J connectivity index is 1.75. The van der Waals surface area contributed by atoms with Crippen LogP contribution in [0, 0.1) is 11.8 Å². The van der Waals surface area contributed by atoms with Crippen LogP contribution in [0.1, 0.15) is 37.8 Å². The van der Waals surface area contributed by atoms with E-state index >= 15 is 0 Å². The van der Waals surface area contributed by atoms with Gasteiger partial charge < -0.3 is 0 Å². The molecule has 4 atom stereocenters. The van der Waals surface area contributed by atoms with Crippen molar-refractivity contribution in [3.8, 4) is 0 Å². The third-order valence-electron chi connectivity index (χ3n) is 5.04. The van der Waals surface area contributed by atoms with Crippen LogP contribution >= 0.6 is 0 Å². The van der Waals surface area contributed by atoms with Crippen molar-refractivity contribution < 1.29 is 27.7 Å². The molecule has 0 amide bonds. The molecule has 2 aliphatic rings. The number of carbonyl (C=O) groups excluding carboxylic acids is 1. The minimum absolute atomic E-state index is 0.00523. The Kier molecular flexibility index (Phi) is 4.30. The fourth-order valence-electron chi connectivity index (χ4n) is 3.21. The Labute approximate surface area is 138 Å². The summed E-state index contributed by atoms with van der Waals surface area (Å²) in [5.41, 5.74) is -0.821. The van der Waals surface area contributed by atoms with Crippen LogP contribution in [-0.2, 0) is 20.7 Å². The molecule has 3 rings (SSSR count). The van der Waals surface area contributed by atoms with E-state index < -0.39 is 17.3 Å². The summed E-state index contributed by atoms with van der Waals surface area (Å²) >= 11 is 0. The van der Waals surface area contributed by atoms with Crippen LogP contribution in [0.25, 0.3) is 6.08 Å². The van der Waals surface area contributed by atoms with Gasteiger partial charge >= 0.3 is 6.18 Å². The van der Waals surface area contributed by atoms with Gasteiger partial charge in [0.1, 0.15) is 17.5 Å². The van der Waals surface area contributed by atoms with Crippen molar-refractivity contribution in [2.75, 3.05) is 0 Å². The van der Waals surface area contributed by atoms with Gasteiger partial charge in [-0.1, -0.05) is 25.1 Å². The van der Waals surface area contributed by atoms with Crippen LogP contribution < -0.4 is 0 Å². The molecule has 130 valence electrons. The summed E-state index contributed by atoms with van der Waals surface area (Å²) in [5, 5.41) is 0. The average molecular weight is 340 g/mol. The first-order valence-electron chi connectivity index (χ1n) is 7.93. The van der Waals surface area contributed by atoms with Gasteiger partial charge in [0.15, 0.2) is 0 Å². The summed E-state index contributed by atoms with van der Waals surface area (Å²) < 4.78 is 37.7.